The molecule has 4 heteroatoms. The molecule has 1 unspecified atom stereocenters. The maximum absolute atomic E-state index is 14.9. The van der Waals surface area contributed by atoms with E-state index in [-0.39, 0.29) is 5.83 Å². The molecule has 0 N–H and O–H groups in total. The molecule has 2 aliphatic carbocycles. The van der Waals surface area contributed by atoms with Crippen LogP contribution in [0.25, 0.3) is 11.3 Å². The number of allylic oxidation sites excluding steroid dienone is 6. The molecule has 0 spiro atoms. The van der Waals surface area contributed by atoms with E-state index in [1.807, 2.05) is 12.4 Å². The number of halogens is 1. The minimum absolute atomic E-state index is 0.110. The first kappa shape index (κ1) is 15.3. The summed E-state index contributed by atoms with van der Waals surface area (Å²) in [7, 11) is 2.19. The molecule has 1 fully saturated rings. The van der Waals surface area contributed by atoms with E-state index in [0.717, 1.165) is 49.3 Å². The van der Waals surface area contributed by atoms with Crippen molar-refractivity contribution in [2.75, 3.05) is 20.1 Å². The highest BCUT2D eigenvalue weighted by atomic mass is 19.1. The molecule has 3 heterocycles. The summed E-state index contributed by atoms with van der Waals surface area (Å²) in [6, 6.07) is 2.15. The molecule has 0 aromatic carbocycles. The molecule has 25 heavy (non-hydrogen) atoms. The number of likely N-dealkylation sites (tertiary alicyclic amines) is 1. The van der Waals surface area contributed by atoms with Gasteiger partial charge in [-0.3, -0.25) is 4.99 Å². The number of hydrogen-bond acceptors (Lipinski definition) is 2. The Balaban J connectivity index is 1.62. The van der Waals surface area contributed by atoms with Gasteiger partial charge in [-0.15, -0.1) is 0 Å². The summed E-state index contributed by atoms with van der Waals surface area (Å²) in [5, 5.41) is 0. The van der Waals surface area contributed by atoms with E-state index in [4.69, 9.17) is 4.99 Å². The van der Waals surface area contributed by atoms with Crippen molar-refractivity contribution < 1.29 is 4.39 Å². The molecule has 1 aromatic heterocycles. The van der Waals surface area contributed by atoms with Crippen LogP contribution in [0.1, 0.15) is 36.9 Å². The van der Waals surface area contributed by atoms with Crippen molar-refractivity contribution in [3.63, 3.8) is 0 Å². The molecule has 130 valence electrons. The minimum atomic E-state index is -0.110. The largest absolute Gasteiger partial charge is 0.312 e. The summed E-state index contributed by atoms with van der Waals surface area (Å²) in [6.07, 6.45) is 13.3. The molecule has 0 bridgehead atoms. The number of nitrogens with zero attached hydrogens (tertiary/aromatic N) is 3. The second-order valence-electron chi connectivity index (χ2n) is 7.78. The normalized spacial score (nSPS) is 26.7. The quantitative estimate of drug-likeness (QED) is 0.749. The topological polar surface area (TPSA) is 20.5 Å². The van der Waals surface area contributed by atoms with Gasteiger partial charge in [0.15, 0.2) is 0 Å². The van der Waals surface area contributed by atoms with Gasteiger partial charge in [-0.25, -0.2) is 4.39 Å². The first-order chi connectivity index (χ1) is 12.2. The maximum atomic E-state index is 14.9. The number of piperidine rings is 1. The van der Waals surface area contributed by atoms with E-state index < -0.39 is 0 Å². The predicted molar refractivity (Wildman–Crippen MR) is 100.0 cm³/mol. The predicted octanol–water partition coefficient (Wildman–Crippen LogP) is 4.29. The molecule has 0 saturated carbocycles. The third-order valence-electron chi connectivity index (χ3n) is 6.31. The highest BCUT2D eigenvalue weighted by Crippen LogP contribution is 2.44. The Hall–Kier alpha value is -1.94. The van der Waals surface area contributed by atoms with Gasteiger partial charge < -0.3 is 9.47 Å². The number of rotatable bonds is 1. The monoisotopic (exact) mass is 337 g/mol. The molecule has 4 aliphatic rings. The van der Waals surface area contributed by atoms with E-state index in [2.05, 4.69) is 28.7 Å². The lowest BCUT2D eigenvalue weighted by Crippen LogP contribution is -2.34. The van der Waals surface area contributed by atoms with Gasteiger partial charge in [0, 0.05) is 23.9 Å². The van der Waals surface area contributed by atoms with E-state index >= 15 is 0 Å². The summed E-state index contributed by atoms with van der Waals surface area (Å²) in [6.45, 7) is 2.26. The fraction of sp³-hybridized carbons (Fsp3) is 0.476. The smallest absolute Gasteiger partial charge is 0.145 e. The molecule has 5 rings (SSSR count). The van der Waals surface area contributed by atoms with Crippen molar-refractivity contribution in [2.45, 2.75) is 32.1 Å². The SMILES string of the molecule is CN1CCC(C2CC=C(F)C3=C2N=CC2=CCCc4ccn3c42)CC1. The number of fused-ring (bicyclic) bond motifs is 1. The lowest BCUT2D eigenvalue weighted by molar-refractivity contribution is 0.183. The fourth-order valence-corrected chi connectivity index (χ4v) is 4.90. The Morgan fingerprint density at radius 2 is 2.04 bits per heavy atom. The van der Waals surface area contributed by atoms with Crippen LogP contribution in [0.4, 0.5) is 4.39 Å². The first-order valence-corrected chi connectivity index (χ1v) is 9.46. The Bertz CT molecular complexity index is 831. The summed E-state index contributed by atoms with van der Waals surface area (Å²) in [4.78, 5) is 7.25. The summed E-state index contributed by atoms with van der Waals surface area (Å²) >= 11 is 0. The summed E-state index contributed by atoms with van der Waals surface area (Å²) in [5.41, 5.74) is 5.26. The maximum Gasteiger partial charge on any atom is 0.145 e. The number of aryl methyl sites for hydroxylation is 1. The molecule has 3 nitrogen and oxygen atoms in total. The van der Waals surface area contributed by atoms with Crippen molar-refractivity contribution in [3.8, 4) is 0 Å². The van der Waals surface area contributed by atoms with Crippen LogP contribution in [-0.4, -0.2) is 35.8 Å². The first-order valence-electron chi connectivity index (χ1n) is 9.46. The molecule has 1 saturated heterocycles. The van der Waals surface area contributed by atoms with Crippen LogP contribution in [0.15, 0.2) is 40.9 Å². The number of aromatic nitrogens is 1. The van der Waals surface area contributed by atoms with Crippen molar-refractivity contribution in [1.82, 2.24) is 9.47 Å². The summed E-state index contributed by atoms with van der Waals surface area (Å²) < 4.78 is 17.0. The molecule has 2 aliphatic heterocycles. The van der Waals surface area contributed by atoms with Gasteiger partial charge in [-0.05, 0) is 75.9 Å². The standard InChI is InChI=1S/C21H24FN3/c1-24-10-7-14(8-11-24)17-5-6-18(22)21-19(17)23-13-16-4-2-3-15-9-12-25(21)20(15)16/h4,6,9,12-14,17H,2-3,5,7-8,10-11H2,1H3. The second kappa shape index (κ2) is 5.80. The fourth-order valence-electron chi connectivity index (χ4n) is 4.90. The Morgan fingerprint density at radius 1 is 1.20 bits per heavy atom. The van der Waals surface area contributed by atoms with Crippen molar-refractivity contribution >= 4 is 17.5 Å². The molecule has 1 aromatic rings. The van der Waals surface area contributed by atoms with E-state index in [0.29, 0.717) is 17.5 Å². The van der Waals surface area contributed by atoms with E-state index in [1.54, 1.807) is 6.08 Å². The van der Waals surface area contributed by atoms with E-state index in [1.165, 1.54) is 18.4 Å². The van der Waals surface area contributed by atoms with Crippen LogP contribution < -0.4 is 0 Å². The van der Waals surface area contributed by atoms with Crippen molar-refractivity contribution in [1.29, 1.82) is 0 Å². The van der Waals surface area contributed by atoms with Gasteiger partial charge in [-0.2, -0.15) is 0 Å². The average molecular weight is 337 g/mol. The van der Waals surface area contributed by atoms with Crippen LogP contribution in [0.5, 0.6) is 0 Å². The molecule has 0 amide bonds. The zero-order valence-electron chi connectivity index (χ0n) is 14.7. The van der Waals surface area contributed by atoms with Crippen LogP contribution in [-0.2, 0) is 6.42 Å². The van der Waals surface area contributed by atoms with Gasteiger partial charge in [0.05, 0.1) is 11.4 Å². The molecular formula is C21H24FN3. The van der Waals surface area contributed by atoms with E-state index in [9.17, 15) is 4.39 Å². The van der Waals surface area contributed by atoms with Crippen LogP contribution in [0.2, 0.25) is 0 Å². The minimum Gasteiger partial charge on any atom is -0.312 e. The lowest BCUT2D eigenvalue weighted by Gasteiger charge is -2.36. The average Bonchev–Trinajstić information content (AvgIpc) is 2.97. The van der Waals surface area contributed by atoms with Gasteiger partial charge in [-0.1, -0.05) is 6.08 Å². The van der Waals surface area contributed by atoms with Gasteiger partial charge in [0.2, 0.25) is 0 Å². The number of hydrogen-bond donors (Lipinski definition) is 0. The van der Waals surface area contributed by atoms with Gasteiger partial charge >= 0.3 is 0 Å². The van der Waals surface area contributed by atoms with Gasteiger partial charge in [0.1, 0.15) is 11.5 Å². The number of aliphatic imine (C=N–C) groups is 1. The zero-order valence-corrected chi connectivity index (χ0v) is 14.7. The third kappa shape index (κ3) is 2.38. The van der Waals surface area contributed by atoms with Gasteiger partial charge in [0.25, 0.3) is 0 Å². The molecule has 0 radical (unpaired) electrons. The van der Waals surface area contributed by atoms with Crippen LogP contribution >= 0.6 is 0 Å². The second-order valence-corrected chi connectivity index (χ2v) is 7.78. The lowest BCUT2D eigenvalue weighted by atomic mass is 9.78. The van der Waals surface area contributed by atoms with Crippen LogP contribution in [0, 0.1) is 11.8 Å². The molecular weight excluding hydrogens is 313 g/mol. The summed E-state index contributed by atoms with van der Waals surface area (Å²) in [5.74, 6) is 0.816. The van der Waals surface area contributed by atoms with Crippen LogP contribution in [0.3, 0.4) is 0 Å². The Kier molecular flexibility index (Phi) is 3.56. The zero-order chi connectivity index (χ0) is 17.0. The highest BCUT2D eigenvalue weighted by Gasteiger charge is 2.35. The van der Waals surface area contributed by atoms with Crippen molar-refractivity contribution in [2.24, 2.45) is 16.8 Å². The highest BCUT2D eigenvalue weighted by molar-refractivity contribution is 6.12. The Morgan fingerprint density at radius 3 is 2.88 bits per heavy atom. The molecule has 1 atom stereocenters. The van der Waals surface area contributed by atoms with Crippen molar-refractivity contribution in [3.05, 3.63) is 47.2 Å². The third-order valence-corrected chi connectivity index (χ3v) is 6.31. The Labute approximate surface area is 148 Å².